The van der Waals surface area contributed by atoms with Crippen LogP contribution in [0.15, 0.2) is 279 Å². The van der Waals surface area contributed by atoms with Gasteiger partial charge in [-0.05, 0) is 94.6 Å². The lowest BCUT2D eigenvalue weighted by atomic mass is 9.83. The van der Waals surface area contributed by atoms with Crippen LogP contribution in [0.4, 0.5) is 0 Å². The molecule has 1 aliphatic heterocycles. The Morgan fingerprint density at radius 1 is 0.400 bits per heavy atom. The fourth-order valence-electron chi connectivity index (χ4n) is 12.1. The molecule has 5 heteroatoms. The molecule has 0 saturated carbocycles. The van der Waals surface area contributed by atoms with Crippen LogP contribution in [0, 0.1) is 0 Å². The van der Waals surface area contributed by atoms with Gasteiger partial charge in [0.25, 0.3) is 0 Å². The van der Waals surface area contributed by atoms with Crippen molar-refractivity contribution in [2.75, 3.05) is 0 Å². The topological polar surface area (TPSA) is 30.7 Å². The summed E-state index contributed by atoms with van der Waals surface area (Å²) >= 11 is 0. The molecular weight excluding hydrogens is 879 g/mol. The van der Waals surface area contributed by atoms with Crippen LogP contribution in [0.25, 0.3) is 38.9 Å². The first-order valence-electron chi connectivity index (χ1n) is 24.2. The van der Waals surface area contributed by atoms with Crippen molar-refractivity contribution in [3.8, 4) is 16.9 Å². The maximum absolute atomic E-state index is 5.33. The molecule has 13 rings (SSSR count). The molecule has 0 fully saturated rings. The highest BCUT2D eigenvalue weighted by molar-refractivity contribution is 7.21. The summed E-state index contributed by atoms with van der Waals surface area (Å²) in [5.74, 6) is -0.0492. The molecular formula is C65H47N3Si2. The van der Waals surface area contributed by atoms with E-state index in [1.807, 2.05) is 18.5 Å². The first-order chi connectivity index (χ1) is 34.8. The number of nitrogens with zero attached hydrogens (tertiary/aromatic N) is 3. The number of fused-ring (bicyclic) bond motifs is 6. The molecule has 330 valence electrons. The molecule has 9 aromatic carbocycles. The number of benzene rings is 9. The summed E-state index contributed by atoms with van der Waals surface area (Å²) in [5, 5.41) is 13.2. The summed E-state index contributed by atoms with van der Waals surface area (Å²) in [4.78, 5) is 10.2. The van der Waals surface area contributed by atoms with Crippen molar-refractivity contribution < 1.29 is 0 Å². The minimum Gasteiger partial charge on any atom is -0.294 e. The van der Waals surface area contributed by atoms with E-state index in [4.69, 9.17) is 9.97 Å². The molecule has 0 N–H and O–H groups in total. The van der Waals surface area contributed by atoms with Crippen molar-refractivity contribution in [1.29, 1.82) is 0 Å². The molecule has 0 bridgehead atoms. The maximum Gasteiger partial charge on any atom is 0.180 e. The number of rotatable bonds is 9. The molecule has 0 saturated heterocycles. The molecule has 0 amide bonds. The zero-order chi connectivity index (χ0) is 46.5. The lowest BCUT2D eigenvalue weighted by molar-refractivity contribution is 0.981. The normalized spacial score (nSPS) is 14.0. The third kappa shape index (κ3) is 6.39. The number of hydrogen-bond acceptors (Lipinski definition) is 2. The Morgan fingerprint density at radius 3 is 1.64 bits per heavy atom. The summed E-state index contributed by atoms with van der Waals surface area (Å²) in [5.41, 5.74) is 9.30. The zero-order valence-corrected chi connectivity index (χ0v) is 40.5. The van der Waals surface area contributed by atoms with Crippen molar-refractivity contribution in [3.63, 3.8) is 0 Å². The van der Waals surface area contributed by atoms with E-state index in [-0.39, 0.29) is 5.92 Å². The van der Waals surface area contributed by atoms with E-state index in [9.17, 15) is 0 Å². The third-order valence-electron chi connectivity index (χ3n) is 14.9. The maximum atomic E-state index is 5.33. The van der Waals surface area contributed by atoms with Crippen LogP contribution in [0.1, 0.15) is 22.6 Å². The average molecular weight is 926 g/mol. The van der Waals surface area contributed by atoms with Crippen molar-refractivity contribution in [2.24, 2.45) is 0 Å². The Hall–Kier alpha value is -8.49. The van der Waals surface area contributed by atoms with Gasteiger partial charge in [0, 0.05) is 40.3 Å². The standard InChI is InChI=1S/C65H47N3Si2/c1-6-23-47(24-7-1)62-58-37-16-17-40-60(58)70(52-31-12-4-13-32-52,53-33-14-5-15-34-53)61-42-41-56-57-38-22-44-67-65(57)68(64(56)63(61)62)49-26-21-36-55(46-49)69(50-27-8-2-9-28-50,51-29-10-3-11-30-51)54-35-20-25-48(45-54)59-39-18-19-43-66-59/h1-46,62H. The second-order valence-corrected chi connectivity index (χ2v) is 25.9. The number of hydrogen-bond donors (Lipinski definition) is 0. The lowest BCUT2D eigenvalue weighted by Crippen LogP contribution is -2.77. The Morgan fingerprint density at radius 2 is 0.971 bits per heavy atom. The van der Waals surface area contributed by atoms with Gasteiger partial charge >= 0.3 is 0 Å². The van der Waals surface area contributed by atoms with Gasteiger partial charge in [-0.15, -0.1) is 0 Å². The fraction of sp³-hybridized carbons (Fsp3) is 0.0154. The Balaban J connectivity index is 1.17. The number of pyridine rings is 2. The molecule has 0 aliphatic carbocycles. The van der Waals surface area contributed by atoms with Gasteiger partial charge in [-0.3, -0.25) is 9.55 Å². The van der Waals surface area contributed by atoms with Gasteiger partial charge in [0.15, 0.2) is 16.1 Å². The Bertz CT molecular complexity index is 3750. The van der Waals surface area contributed by atoms with Crippen LogP contribution in [0.3, 0.4) is 0 Å². The second-order valence-electron chi connectivity index (χ2n) is 18.4. The molecule has 0 radical (unpaired) electrons. The minimum absolute atomic E-state index is 0.0492. The molecule has 12 aromatic rings. The molecule has 3 nitrogen and oxygen atoms in total. The third-order valence-corrected chi connectivity index (χ3v) is 24.5. The van der Waals surface area contributed by atoms with Crippen LogP contribution in [0.5, 0.6) is 0 Å². The van der Waals surface area contributed by atoms with Crippen molar-refractivity contribution in [2.45, 2.75) is 5.92 Å². The number of aromatic nitrogens is 3. The molecule has 70 heavy (non-hydrogen) atoms. The van der Waals surface area contributed by atoms with Gasteiger partial charge < -0.3 is 0 Å². The van der Waals surface area contributed by atoms with Gasteiger partial charge in [-0.25, -0.2) is 4.98 Å². The molecule has 1 atom stereocenters. The van der Waals surface area contributed by atoms with Gasteiger partial charge in [-0.1, -0.05) is 231 Å². The summed E-state index contributed by atoms with van der Waals surface area (Å²) in [7, 11) is -6.03. The summed E-state index contributed by atoms with van der Waals surface area (Å²) in [6.45, 7) is 0. The predicted molar refractivity (Wildman–Crippen MR) is 296 cm³/mol. The zero-order valence-electron chi connectivity index (χ0n) is 38.5. The highest BCUT2D eigenvalue weighted by atomic mass is 28.3. The largest absolute Gasteiger partial charge is 0.294 e. The fourth-order valence-corrected chi connectivity index (χ4v) is 22.1. The van der Waals surface area contributed by atoms with E-state index in [0.717, 1.165) is 28.0 Å². The minimum atomic E-state index is -3.05. The van der Waals surface area contributed by atoms with E-state index >= 15 is 0 Å². The van der Waals surface area contributed by atoms with Gasteiger partial charge in [0.2, 0.25) is 0 Å². The van der Waals surface area contributed by atoms with E-state index in [1.165, 1.54) is 69.1 Å². The van der Waals surface area contributed by atoms with Crippen molar-refractivity contribution in [3.05, 3.63) is 296 Å². The lowest BCUT2D eigenvalue weighted by Gasteiger charge is -2.44. The molecule has 0 spiro atoms. The van der Waals surface area contributed by atoms with Crippen LogP contribution in [0.2, 0.25) is 0 Å². The first-order valence-corrected chi connectivity index (χ1v) is 28.2. The molecule has 3 aromatic heterocycles. The monoisotopic (exact) mass is 925 g/mol. The van der Waals surface area contributed by atoms with Crippen LogP contribution < -0.4 is 41.5 Å². The van der Waals surface area contributed by atoms with Gasteiger partial charge in [0.1, 0.15) is 5.65 Å². The first kappa shape index (κ1) is 41.7. The highest BCUT2D eigenvalue weighted by Crippen LogP contribution is 2.43. The summed E-state index contributed by atoms with van der Waals surface area (Å²) < 4.78 is 2.52. The van der Waals surface area contributed by atoms with Gasteiger partial charge in [0.05, 0.1) is 11.2 Å². The van der Waals surface area contributed by atoms with E-state index < -0.39 is 16.1 Å². The average Bonchev–Trinajstić information content (AvgIpc) is 3.79. The van der Waals surface area contributed by atoms with Gasteiger partial charge in [-0.2, -0.15) is 0 Å². The Labute approximate surface area is 410 Å². The molecule has 1 unspecified atom stereocenters. The molecule has 4 heterocycles. The predicted octanol–water partition coefficient (Wildman–Crippen LogP) is 9.49. The van der Waals surface area contributed by atoms with Crippen LogP contribution >= 0.6 is 0 Å². The van der Waals surface area contributed by atoms with Crippen LogP contribution in [-0.2, 0) is 0 Å². The Kier molecular flexibility index (Phi) is 10.3. The summed E-state index contributed by atoms with van der Waals surface area (Å²) in [6, 6.07) is 99.8. The van der Waals surface area contributed by atoms with E-state index in [1.54, 1.807) is 0 Å². The van der Waals surface area contributed by atoms with E-state index in [0.29, 0.717) is 0 Å². The molecule has 1 aliphatic rings. The smallest absolute Gasteiger partial charge is 0.180 e. The summed E-state index contributed by atoms with van der Waals surface area (Å²) in [6.07, 6.45) is 3.84. The van der Waals surface area contributed by atoms with Crippen molar-refractivity contribution >= 4 is 79.6 Å². The highest BCUT2D eigenvalue weighted by Gasteiger charge is 2.50. The van der Waals surface area contributed by atoms with Crippen molar-refractivity contribution in [1.82, 2.24) is 14.5 Å². The quantitative estimate of drug-likeness (QED) is 0.107. The van der Waals surface area contributed by atoms with E-state index in [2.05, 4.69) is 265 Å². The SMILES string of the molecule is c1ccc(C2c3ccccc3[Si](c3ccccc3)(c3ccccc3)c3ccc4c5cccnc5n(-c5cccc([Si](c6ccccc6)(c6ccccc6)c6cccc(-c7ccccn7)c6)c5)c4c32)cc1. The second kappa shape index (κ2) is 17.2. The van der Waals surface area contributed by atoms with Crippen LogP contribution in [-0.4, -0.2) is 30.7 Å².